The third kappa shape index (κ3) is 1.04. The Kier molecular flexibility index (Phi) is 1.42. The Bertz CT molecular complexity index is 243. The van der Waals surface area contributed by atoms with E-state index < -0.39 is 5.82 Å². The van der Waals surface area contributed by atoms with Gasteiger partial charge >= 0.3 is 5.82 Å². The summed E-state index contributed by atoms with van der Waals surface area (Å²) < 4.78 is 9.05. The van der Waals surface area contributed by atoms with Gasteiger partial charge in [0, 0.05) is 13.3 Å². The van der Waals surface area contributed by atoms with E-state index in [0.29, 0.717) is 17.9 Å². The first-order valence-electron chi connectivity index (χ1n) is 2.68. The molecule has 0 unspecified atom stereocenters. The molecule has 9 heavy (non-hydrogen) atoms. The molecule has 0 fully saturated rings. The van der Waals surface area contributed by atoms with E-state index in [1.807, 2.05) is 6.92 Å². The molecule has 0 aliphatic rings. The van der Waals surface area contributed by atoms with Crippen molar-refractivity contribution in [3.8, 4) is 0 Å². The summed E-state index contributed by atoms with van der Waals surface area (Å²) in [5, 5.41) is 0. The van der Waals surface area contributed by atoms with Crippen molar-refractivity contribution >= 4 is 0 Å². The molecule has 3 nitrogen and oxygen atoms in total. The predicted molar refractivity (Wildman–Crippen MR) is 31.1 cm³/mol. The number of aryl methyl sites for hydroxylation is 1. The minimum Gasteiger partial charge on any atom is -0.396 e. The lowest BCUT2D eigenvalue weighted by Gasteiger charge is -1.82. The summed E-state index contributed by atoms with van der Waals surface area (Å²) in [4.78, 5) is 10.3. The van der Waals surface area contributed by atoms with Crippen molar-refractivity contribution in [2.75, 3.05) is 0 Å². The third-order valence-electron chi connectivity index (χ3n) is 1.05. The number of hydrogen-bond donors (Lipinski definition) is 0. The minimum absolute atomic E-state index is 0.336. The number of hydrogen-bond acceptors (Lipinski definition) is 3. The van der Waals surface area contributed by atoms with Crippen LogP contribution in [0.2, 0.25) is 0 Å². The molecule has 0 aromatic carbocycles. The molecule has 49 valence electrons. The molecule has 0 saturated heterocycles. The van der Waals surface area contributed by atoms with E-state index in [4.69, 9.17) is 0 Å². The Labute approximate surface area is 52.3 Å². The van der Waals surface area contributed by atoms with Crippen molar-refractivity contribution in [2.45, 2.75) is 13.3 Å². The molecule has 1 aromatic heterocycles. The van der Waals surface area contributed by atoms with E-state index in [0.717, 1.165) is 0 Å². The monoisotopic (exact) mass is 127 g/mol. The standard InChI is InChI=1S/C6H7O3/c1-3-5-4(2)8-6(7)9-5/h2-3H2,1H3. The molecule has 1 heterocycles. The van der Waals surface area contributed by atoms with Gasteiger partial charge in [-0.3, -0.25) is 0 Å². The Morgan fingerprint density at radius 1 is 1.56 bits per heavy atom. The van der Waals surface area contributed by atoms with Crippen LogP contribution in [0.3, 0.4) is 0 Å². The van der Waals surface area contributed by atoms with Gasteiger partial charge in [-0.2, -0.15) is 0 Å². The Hall–Kier alpha value is -0.990. The smallest absolute Gasteiger partial charge is 0.396 e. The molecule has 0 N–H and O–H groups in total. The average molecular weight is 127 g/mol. The maximum absolute atomic E-state index is 10.3. The topological polar surface area (TPSA) is 43.4 Å². The summed E-state index contributed by atoms with van der Waals surface area (Å²) >= 11 is 0. The fourth-order valence-corrected chi connectivity index (χ4v) is 0.605. The van der Waals surface area contributed by atoms with Crippen molar-refractivity contribution in [2.24, 2.45) is 0 Å². The first-order valence-corrected chi connectivity index (χ1v) is 2.68. The van der Waals surface area contributed by atoms with E-state index in [9.17, 15) is 4.79 Å². The quantitative estimate of drug-likeness (QED) is 0.564. The zero-order valence-corrected chi connectivity index (χ0v) is 5.14. The first-order chi connectivity index (χ1) is 4.24. The van der Waals surface area contributed by atoms with Gasteiger partial charge in [0.05, 0.1) is 0 Å². The Balaban J connectivity index is 3.16. The van der Waals surface area contributed by atoms with Gasteiger partial charge in [-0.15, -0.1) is 0 Å². The fourth-order valence-electron chi connectivity index (χ4n) is 0.605. The summed E-state index contributed by atoms with van der Waals surface area (Å²) in [6.45, 7) is 5.32. The summed E-state index contributed by atoms with van der Waals surface area (Å²) in [5.74, 6) is 0.194. The molecule has 0 spiro atoms. The number of rotatable bonds is 1. The molecule has 0 bridgehead atoms. The third-order valence-corrected chi connectivity index (χ3v) is 1.05. The molecule has 1 aromatic rings. The first kappa shape index (κ1) is 6.13. The second-order valence-electron chi connectivity index (χ2n) is 1.65. The molecule has 0 aliphatic heterocycles. The van der Waals surface area contributed by atoms with Gasteiger partial charge in [-0.25, -0.2) is 4.79 Å². The maximum Gasteiger partial charge on any atom is 0.519 e. The lowest BCUT2D eigenvalue weighted by Crippen LogP contribution is -1.85. The largest absolute Gasteiger partial charge is 0.519 e. The van der Waals surface area contributed by atoms with Crippen LogP contribution in [0.25, 0.3) is 0 Å². The second-order valence-corrected chi connectivity index (χ2v) is 1.65. The van der Waals surface area contributed by atoms with E-state index >= 15 is 0 Å². The van der Waals surface area contributed by atoms with Crippen LogP contribution in [0.15, 0.2) is 13.6 Å². The predicted octanol–water partition coefficient (Wildman–Crippen LogP) is 0.977. The van der Waals surface area contributed by atoms with Crippen molar-refractivity contribution < 1.29 is 8.83 Å². The van der Waals surface area contributed by atoms with E-state index in [1.165, 1.54) is 0 Å². The van der Waals surface area contributed by atoms with Crippen LogP contribution in [0.4, 0.5) is 0 Å². The molecule has 1 radical (unpaired) electrons. The van der Waals surface area contributed by atoms with Crippen molar-refractivity contribution in [1.82, 2.24) is 0 Å². The highest BCUT2D eigenvalue weighted by Gasteiger charge is 2.03. The van der Waals surface area contributed by atoms with Gasteiger partial charge in [-0.05, 0) is 0 Å². The summed E-state index contributed by atoms with van der Waals surface area (Å²) in [5.41, 5.74) is 0. The molecular formula is C6H7O3. The summed E-state index contributed by atoms with van der Waals surface area (Å²) in [6.07, 6.45) is 0.643. The second kappa shape index (κ2) is 2.09. The van der Waals surface area contributed by atoms with E-state index in [2.05, 4.69) is 15.8 Å². The highest BCUT2D eigenvalue weighted by Crippen LogP contribution is 2.03. The summed E-state index contributed by atoms with van der Waals surface area (Å²) in [7, 11) is 0. The molecule has 0 aliphatic carbocycles. The Morgan fingerprint density at radius 3 is 2.44 bits per heavy atom. The van der Waals surface area contributed by atoms with Crippen molar-refractivity contribution in [3.05, 3.63) is 29.1 Å². The lowest BCUT2D eigenvalue weighted by atomic mass is 10.3. The van der Waals surface area contributed by atoms with Crippen LogP contribution in [0.1, 0.15) is 18.4 Å². The van der Waals surface area contributed by atoms with Gasteiger partial charge in [-0.1, -0.05) is 6.92 Å². The molecular weight excluding hydrogens is 120 g/mol. The van der Waals surface area contributed by atoms with Crippen LogP contribution >= 0.6 is 0 Å². The maximum atomic E-state index is 10.3. The van der Waals surface area contributed by atoms with Crippen LogP contribution < -0.4 is 5.82 Å². The van der Waals surface area contributed by atoms with E-state index in [1.54, 1.807) is 0 Å². The van der Waals surface area contributed by atoms with Gasteiger partial charge < -0.3 is 8.83 Å². The highest BCUT2D eigenvalue weighted by molar-refractivity contribution is 5.05. The van der Waals surface area contributed by atoms with Crippen LogP contribution in [-0.4, -0.2) is 0 Å². The van der Waals surface area contributed by atoms with Gasteiger partial charge in [0.1, 0.15) is 5.76 Å². The molecule has 0 atom stereocenters. The minimum atomic E-state index is -0.670. The zero-order chi connectivity index (χ0) is 6.85. The van der Waals surface area contributed by atoms with Gasteiger partial charge in [0.2, 0.25) is 0 Å². The molecule has 3 heteroatoms. The van der Waals surface area contributed by atoms with Crippen molar-refractivity contribution in [3.63, 3.8) is 0 Å². The zero-order valence-electron chi connectivity index (χ0n) is 5.14. The molecule has 1 rings (SSSR count). The van der Waals surface area contributed by atoms with E-state index in [-0.39, 0.29) is 0 Å². The van der Waals surface area contributed by atoms with Crippen LogP contribution in [-0.2, 0) is 6.42 Å². The average Bonchev–Trinajstić information content (AvgIpc) is 2.10. The molecule has 0 saturated carbocycles. The van der Waals surface area contributed by atoms with Crippen LogP contribution in [0.5, 0.6) is 0 Å². The Morgan fingerprint density at radius 2 is 2.22 bits per heavy atom. The van der Waals surface area contributed by atoms with Gasteiger partial charge in [0.15, 0.2) is 5.76 Å². The molecule has 0 amide bonds. The van der Waals surface area contributed by atoms with Gasteiger partial charge in [0.25, 0.3) is 0 Å². The lowest BCUT2D eigenvalue weighted by molar-refractivity contribution is 0.372. The highest BCUT2D eigenvalue weighted by atomic mass is 16.6. The SMILES string of the molecule is [CH2]c1oc(=O)oc1CC. The summed E-state index contributed by atoms with van der Waals surface area (Å²) in [6, 6.07) is 0. The fraction of sp³-hybridized carbons (Fsp3) is 0.333. The van der Waals surface area contributed by atoms with Crippen molar-refractivity contribution in [1.29, 1.82) is 0 Å². The normalized spacial score (nSPS) is 10.0. The van der Waals surface area contributed by atoms with Crippen LogP contribution in [0, 0.1) is 6.92 Å².